The maximum atomic E-state index is 12.0. The molecule has 1 atom stereocenters. The van der Waals surface area contributed by atoms with Gasteiger partial charge in [-0.1, -0.05) is 13.3 Å². The molecule has 1 saturated heterocycles. The Hall–Kier alpha value is -0.330. The van der Waals surface area contributed by atoms with E-state index in [1.807, 2.05) is 0 Å². The second-order valence-electron chi connectivity index (χ2n) is 4.28. The largest absolute Gasteiger partial charge is 0.415 e. The van der Waals surface area contributed by atoms with Crippen molar-refractivity contribution in [3.05, 3.63) is 0 Å². The number of hydrogen-bond donors (Lipinski definition) is 2. The normalized spacial score (nSPS) is 20.8. The van der Waals surface area contributed by atoms with Crippen molar-refractivity contribution >= 4 is 0 Å². The summed E-state index contributed by atoms with van der Waals surface area (Å²) in [7, 11) is 0. The topological polar surface area (TPSA) is 35.5 Å². The number of nitrogens with zero attached hydrogens (tertiary/aromatic N) is 1. The van der Waals surface area contributed by atoms with E-state index in [-0.39, 0.29) is 12.6 Å². The first-order valence-corrected chi connectivity index (χ1v) is 5.64. The molecule has 1 aliphatic rings. The first-order chi connectivity index (χ1) is 7.43. The molecule has 0 aliphatic carbocycles. The molecule has 0 aromatic carbocycles. The van der Waals surface area contributed by atoms with Crippen LogP contribution in [0.1, 0.15) is 19.8 Å². The fourth-order valence-electron chi connectivity index (χ4n) is 1.68. The summed E-state index contributed by atoms with van der Waals surface area (Å²) in [6, 6.07) is 0.284. The number of halogens is 3. The van der Waals surface area contributed by atoms with E-state index in [0.717, 1.165) is 19.4 Å². The van der Waals surface area contributed by atoms with Gasteiger partial charge in [-0.25, -0.2) is 0 Å². The Morgan fingerprint density at radius 2 is 2.06 bits per heavy atom. The number of aliphatic hydroxyl groups excluding tert-OH is 1. The number of likely N-dealkylation sites (tertiary alicyclic amines) is 1. The molecule has 16 heavy (non-hydrogen) atoms. The highest BCUT2D eigenvalue weighted by atomic mass is 19.4. The van der Waals surface area contributed by atoms with E-state index in [4.69, 9.17) is 5.11 Å². The second-order valence-corrected chi connectivity index (χ2v) is 4.28. The van der Waals surface area contributed by atoms with Gasteiger partial charge in [0.15, 0.2) is 6.10 Å². The van der Waals surface area contributed by atoms with Crippen LogP contribution in [0.15, 0.2) is 0 Å². The standard InChI is InChI=1S/C10H19F3N2O/c1-2-3-4-14-8-5-15(6-8)7-9(16)10(11,12)13/h8-9,14,16H,2-7H2,1H3/t9-/m0/s1. The average Bonchev–Trinajstić information content (AvgIpc) is 2.12. The molecule has 2 N–H and O–H groups in total. The van der Waals surface area contributed by atoms with E-state index in [2.05, 4.69) is 12.2 Å². The summed E-state index contributed by atoms with van der Waals surface area (Å²) in [6.45, 7) is 3.88. The predicted molar refractivity (Wildman–Crippen MR) is 55.2 cm³/mol. The Morgan fingerprint density at radius 1 is 1.44 bits per heavy atom. The van der Waals surface area contributed by atoms with Crippen LogP contribution in [0.4, 0.5) is 13.2 Å². The third-order valence-corrected chi connectivity index (χ3v) is 2.73. The van der Waals surface area contributed by atoms with Crippen molar-refractivity contribution in [2.45, 2.75) is 38.1 Å². The summed E-state index contributed by atoms with van der Waals surface area (Å²) in [4.78, 5) is 1.61. The number of alkyl halides is 3. The molecule has 0 aromatic heterocycles. The maximum absolute atomic E-state index is 12.0. The van der Waals surface area contributed by atoms with Gasteiger partial charge >= 0.3 is 6.18 Å². The quantitative estimate of drug-likeness (QED) is 0.679. The van der Waals surface area contributed by atoms with Gasteiger partial charge in [0.25, 0.3) is 0 Å². The highest BCUT2D eigenvalue weighted by molar-refractivity contribution is 4.87. The van der Waals surface area contributed by atoms with Crippen LogP contribution >= 0.6 is 0 Å². The minimum absolute atomic E-state index is 0.284. The lowest BCUT2D eigenvalue weighted by Crippen LogP contribution is -2.60. The second kappa shape index (κ2) is 5.84. The average molecular weight is 240 g/mol. The minimum Gasteiger partial charge on any atom is -0.382 e. The van der Waals surface area contributed by atoms with Crippen molar-refractivity contribution in [1.82, 2.24) is 10.2 Å². The van der Waals surface area contributed by atoms with Crippen LogP contribution in [0.3, 0.4) is 0 Å². The number of nitrogens with one attached hydrogen (secondary N) is 1. The van der Waals surface area contributed by atoms with E-state index in [1.54, 1.807) is 4.90 Å². The first kappa shape index (κ1) is 13.7. The van der Waals surface area contributed by atoms with Gasteiger partial charge in [-0.15, -0.1) is 0 Å². The van der Waals surface area contributed by atoms with Crippen LogP contribution in [0.25, 0.3) is 0 Å². The Labute approximate surface area is 93.6 Å². The smallest absolute Gasteiger partial charge is 0.382 e. The van der Waals surface area contributed by atoms with Crippen LogP contribution in [0, 0.1) is 0 Å². The van der Waals surface area contributed by atoms with Crippen molar-refractivity contribution < 1.29 is 18.3 Å². The molecule has 1 rings (SSSR count). The fraction of sp³-hybridized carbons (Fsp3) is 1.00. The number of β-amino-alcohol motifs (C(OH)–C–C–N with tert-alkyl or cyclic N) is 1. The van der Waals surface area contributed by atoms with E-state index in [0.29, 0.717) is 13.1 Å². The molecule has 1 heterocycles. The molecule has 0 unspecified atom stereocenters. The van der Waals surface area contributed by atoms with Crippen molar-refractivity contribution in [1.29, 1.82) is 0 Å². The van der Waals surface area contributed by atoms with Crippen LogP contribution in [0.5, 0.6) is 0 Å². The first-order valence-electron chi connectivity index (χ1n) is 5.64. The Balaban J connectivity index is 2.08. The SMILES string of the molecule is CCCCNC1CN(C[C@H](O)C(F)(F)F)C1. The van der Waals surface area contributed by atoms with Crippen molar-refractivity contribution in [3.63, 3.8) is 0 Å². The maximum Gasteiger partial charge on any atom is 0.415 e. The highest BCUT2D eigenvalue weighted by Crippen LogP contribution is 2.22. The molecule has 0 aromatic rings. The highest BCUT2D eigenvalue weighted by Gasteiger charge is 2.41. The molecule has 6 heteroatoms. The summed E-state index contributed by atoms with van der Waals surface area (Å²) in [5, 5.41) is 12.1. The summed E-state index contributed by atoms with van der Waals surface area (Å²) in [6.07, 6.45) is -4.53. The number of aliphatic hydroxyl groups is 1. The Morgan fingerprint density at radius 3 is 2.56 bits per heavy atom. The van der Waals surface area contributed by atoms with Crippen LogP contribution in [-0.4, -0.2) is 54.5 Å². The lowest BCUT2D eigenvalue weighted by Gasteiger charge is -2.40. The van der Waals surface area contributed by atoms with E-state index in [9.17, 15) is 13.2 Å². The molecular formula is C10H19F3N2O. The van der Waals surface area contributed by atoms with Crippen LogP contribution in [0.2, 0.25) is 0 Å². The third-order valence-electron chi connectivity index (χ3n) is 2.73. The summed E-state index contributed by atoms with van der Waals surface area (Å²) >= 11 is 0. The molecular weight excluding hydrogens is 221 g/mol. The van der Waals surface area contributed by atoms with Gasteiger partial charge in [-0.2, -0.15) is 13.2 Å². The van der Waals surface area contributed by atoms with Gasteiger partial charge in [0.05, 0.1) is 0 Å². The molecule has 0 amide bonds. The summed E-state index contributed by atoms with van der Waals surface area (Å²) in [5.41, 5.74) is 0. The zero-order valence-corrected chi connectivity index (χ0v) is 9.43. The van der Waals surface area contributed by atoms with Crippen molar-refractivity contribution in [2.24, 2.45) is 0 Å². The molecule has 1 aliphatic heterocycles. The van der Waals surface area contributed by atoms with Gasteiger partial charge in [0.1, 0.15) is 0 Å². The van der Waals surface area contributed by atoms with Gasteiger partial charge in [-0.05, 0) is 13.0 Å². The van der Waals surface area contributed by atoms with Gasteiger partial charge in [0, 0.05) is 25.7 Å². The molecule has 1 fully saturated rings. The van der Waals surface area contributed by atoms with E-state index >= 15 is 0 Å². The summed E-state index contributed by atoms with van der Waals surface area (Å²) < 4.78 is 36.1. The summed E-state index contributed by atoms with van der Waals surface area (Å²) in [5.74, 6) is 0. The Bertz CT molecular complexity index is 205. The molecule has 0 spiro atoms. The Kier molecular flexibility index (Phi) is 5.01. The zero-order chi connectivity index (χ0) is 12.2. The monoisotopic (exact) mass is 240 g/mol. The van der Waals surface area contributed by atoms with Crippen molar-refractivity contribution in [3.8, 4) is 0 Å². The molecule has 96 valence electrons. The fourth-order valence-corrected chi connectivity index (χ4v) is 1.68. The van der Waals surface area contributed by atoms with E-state index in [1.165, 1.54) is 0 Å². The third kappa shape index (κ3) is 4.27. The lowest BCUT2D eigenvalue weighted by molar-refractivity contribution is -0.210. The molecule has 0 radical (unpaired) electrons. The number of unbranched alkanes of at least 4 members (excludes halogenated alkanes) is 1. The van der Waals surface area contributed by atoms with Gasteiger partial charge in [-0.3, -0.25) is 4.90 Å². The molecule has 3 nitrogen and oxygen atoms in total. The molecule has 0 saturated carbocycles. The number of rotatable bonds is 6. The van der Waals surface area contributed by atoms with Crippen molar-refractivity contribution in [2.75, 3.05) is 26.2 Å². The minimum atomic E-state index is -4.50. The van der Waals surface area contributed by atoms with Crippen LogP contribution < -0.4 is 5.32 Å². The van der Waals surface area contributed by atoms with Gasteiger partial charge in [0.2, 0.25) is 0 Å². The number of hydrogen-bond acceptors (Lipinski definition) is 3. The van der Waals surface area contributed by atoms with Crippen LogP contribution in [-0.2, 0) is 0 Å². The van der Waals surface area contributed by atoms with Gasteiger partial charge < -0.3 is 10.4 Å². The molecule has 0 bridgehead atoms. The van der Waals surface area contributed by atoms with E-state index < -0.39 is 12.3 Å². The predicted octanol–water partition coefficient (Wildman–Crippen LogP) is 0.983. The zero-order valence-electron chi connectivity index (χ0n) is 9.43. The lowest BCUT2D eigenvalue weighted by atomic mass is 10.1.